The van der Waals surface area contributed by atoms with Gasteiger partial charge in [0.2, 0.25) is 15.9 Å². The van der Waals surface area contributed by atoms with Crippen LogP contribution in [-0.2, 0) is 21.2 Å². The summed E-state index contributed by atoms with van der Waals surface area (Å²) >= 11 is 0. The van der Waals surface area contributed by atoms with E-state index in [4.69, 9.17) is 14.3 Å². The Balaban J connectivity index is 1.85. The summed E-state index contributed by atoms with van der Waals surface area (Å²) in [6.07, 6.45) is 1.61. The number of aryl methyl sites for hydroxylation is 1. The first-order chi connectivity index (χ1) is 12.3. The van der Waals surface area contributed by atoms with Gasteiger partial charge < -0.3 is 14.5 Å². The molecule has 7 nitrogen and oxygen atoms in total. The van der Waals surface area contributed by atoms with Crippen molar-refractivity contribution in [3.05, 3.63) is 53.8 Å². The van der Waals surface area contributed by atoms with Gasteiger partial charge in [-0.1, -0.05) is 12.1 Å². The third-order valence-corrected chi connectivity index (χ3v) is 4.85. The Morgan fingerprint density at radius 1 is 1.23 bits per heavy atom. The minimum Gasteiger partial charge on any atom is -0.495 e. The number of carbonyl (C=O) groups is 1. The molecule has 0 unspecified atom stereocenters. The highest BCUT2D eigenvalue weighted by atomic mass is 32.2. The number of anilines is 1. The summed E-state index contributed by atoms with van der Waals surface area (Å²) in [5.41, 5.74) is 2.74. The topological polar surface area (TPSA) is 112 Å². The smallest absolute Gasteiger partial charge is 0.238 e. The number of fused-ring (bicyclic) bond motifs is 1. The van der Waals surface area contributed by atoms with Crippen molar-refractivity contribution in [2.75, 3.05) is 12.4 Å². The fraction of sp³-hybridized carbons (Fsp3) is 0.167. The van der Waals surface area contributed by atoms with E-state index >= 15 is 0 Å². The van der Waals surface area contributed by atoms with Gasteiger partial charge in [-0.2, -0.15) is 0 Å². The first-order valence-electron chi connectivity index (χ1n) is 7.75. The van der Waals surface area contributed by atoms with Crippen molar-refractivity contribution >= 4 is 32.6 Å². The van der Waals surface area contributed by atoms with Crippen LogP contribution in [0.5, 0.6) is 5.75 Å². The Kier molecular flexibility index (Phi) is 4.71. The van der Waals surface area contributed by atoms with Crippen molar-refractivity contribution < 1.29 is 22.4 Å². The number of hydrogen-bond acceptors (Lipinski definition) is 5. The maximum absolute atomic E-state index is 12.4. The number of methoxy groups -OCH3 is 1. The zero-order valence-corrected chi connectivity index (χ0v) is 15.1. The van der Waals surface area contributed by atoms with E-state index in [9.17, 15) is 13.2 Å². The minimum atomic E-state index is -3.89. The van der Waals surface area contributed by atoms with E-state index in [1.54, 1.807) is 6.26 Å². The lowest BCUT2D eigenvalue weighted by molar-refractivity contribution is -0.115. The largest absolute Gasteiger partial charge is 0.495 e. The van der Waals surface area contributed by atoms with Crippen molar-refractivity contribution in [2.45, 2.75) is 18.2 Å². The number of nitrogens with two attached hydrogens (primary N) is 1. The summed E-state index contributed by atoms with van der Waals surface area (Å²) in [5, 5.41) is 8.66. The summed E-state index contributed by atoms with van der Waals surface area (Å²) < 4.78 is 33.7. The van der Waals surface area contributed by atoms with Crippen LogP contribution < -0.4 is 15.2 Å². The highest BCUT2D eigenvalue weighted by molar-refractivity contribution is 7.89. The molecule has 26 heavy (non-hydrogen) atoms. The van der Waals surface area contributed by atoms with Gasteiger partial charge in [0.15, 0.2) is 0 Å². The molecule has 0 aliphatic rings. The van der Waals surface area contributed by atoms with Crippen LogP contribution in [0.4, 0.5) is 5.69 Å². The number of carbonyl (C=O) groups excluding carboxylic acids is 1. The maximum atomic E-state index is 12.4. The number of hydrogen-bond donors (Lipinski definition) is 2. The first-order valence-corrected chi connectivity index (χ1v) is 9.30. The zero-order valence-electron chi connectivity index (χ0n) is 14.3. The molecule has 8 heteroatoms. The van der Waals surface area contributed by atoms with Gasteiger partial charge in [-0.05, 0) is 36.8 Å². The van der Waals surface area contributed by atoms with Crippen LogP contribution in [-0.4, -0.2) is 21.4 Å². The molecule has 0 spiro atoms. The third-order valence-electron chi connectivity index (χ3n) is 3.94. The van der Waals surface area contributed by atoms with Crippen molar-refractivity contribution in [1.82, 2.24) is 0 Å². The monoisotopic (exact) mass is 374 g/mol. The molecule has 0 saturated carbocycles. The van der Waals surface area contributed by atoms with Gasteiger partial charge in [-0.15, -0.1) is 0 Å². The second-order valence-corrected chi connectivity index (χ2v) is 7.45. The van der Waals surface area contributed by atoms with E-state index in [0.29, 0.717) is 11.3 Å². The van der Waals surface area contributed by atoms with E-state index in [1.807, 2.05) is 25.1 Å². The normalized spacial score (nSPS) is 11.5. The van der Waals surface area contributed by atoms with Crippen LogP contribution in [0.2, 0.25) is 0 Å². The molecule has 1 amide bonds. The van der Waals surface area contributed by atoms with Crippen LogP contribution in [0, 0.1) is 6.92 Å². The molecule has 0 radical (unpaired) electrons. The van der Waals surface area contributed by atoms with Crippen molar-refractivity contribution in [1.29, 1.82) is 0 Å². The van der Waals surface area contributed by atoms with E-state index in [1.165, 1.54) is 25.3 Å². The number of amides is 1. The molecular formula is C18H18N2O5S. The SMILES string of the molecule is COc1ccc(S(N)(=O)=O)cc1NC(=O)Cc1coc2cc(C)ccc12. The van der Waals surface area contributed by atoms with Crippen molar-refractivity contribution in [2.24, 2.45) is 5.14 Å². The quantitative estimate of drug-likeness (QED) is 0.713. The molecule has 0 aliphatic heterocycles. The number of benzene rings is 2. The van der Waals surface area contributed by atoms with Gasteiger partial charge in [0, 0.05) is 10.9 Å². The molecular weight excluding hydrogens is 356 g/mol. The molecule has 1 heterocycles. The lowest BCUT2D eigenvalue weighted by Crippen LogP contribution is -2.17. The number of nitrogens with one attached hydrogen (secondary N) is 1. The van der Waals surface area contributed by atoms with Gasteiger partial charge in [-0.3, -0.25) is 4.79 Å². The maximum Gasteiger partial charge on any atom is 0.238 e. The van der Waals surface area contributed by atoms with Crippen LogP contribution in [0.25, 0.3) is 11.0 Å². The minimum absolute atomic E-state index is 0.0683. The van der Waals surface area contributed by atoms with E-state index in [-0.39, 0.29) is 22.9 Å². The van der Waals surface area contributed by atoms with Crippen molar-refractivity contribution in [3.63, 3.8) is 0 Å². The zero-order chi connectivity index (χ0) is 18.9. The predicted molar refractivity (Wildman–Crippen MR) is 97.7 cm³/mol. The van der Waals surface area contributed by atoms with E-state index in [0.717, 1.165) is 16.5 Å². The Hall–Kier alpha value is -2.84. The molecule has 1 aromatic heterocycles. The van der Waals surface area contributed by atoms with E-state index < -0.39 is 10.0 Å². The lowest BCUT2D eigenvalue weighted by Gasteiger charge is -2.11. The molecule has 0 bridgehead atoms. The molecule has 0 saturated heterocycles. The molecule has 2 aromatic carbocycles. The predicted octanol–water partition coefficient (Wildman–Crippen LogP) is 2.58. The van der Waals surface area contributed by atoms with Gasteiger partial charge in [0.05, 0.1) is 30.4 Å². The van der Waals surface area contributed by atoms with Crippen LogP contribution in [0.15, 0.2) is 52.0 Å². The van der Waals surface area contributed by atoms with Gasteiger partial charge in [0.25, 0.3) is 0 Å². The number of furan rings is 1. The fourth-order valence-corrected chi connectivity index (χ4v) is 3.20. The molecule has 3 aromatic rings. The Morgan fingerprint density at radius 3 is 2.69 bits per heavy atom. The summed E-state index contributed by atoms with van der Waals surface area (Å²) in [4.78, 5) is 12.3. The molecule has 3 rings (SSSR count). The lowest BCUT2D eigenvalue weighted by atomic mass is 10.1. The van der Waals surface area contributed by atoms with Crippen LogP contribution in [0.3, 0.4) is 0 Å². The van der Waals surface area contributed by atoms with Gasteiger partial charge in [-0.25, -0.2) is 13.6 Å². The van der Waals surface area contributed by atoms with Crippen molar-refractivity contribution in [3.8, 4) is 5.75 Å². The fourth-order valence-electron chi connectivity index (χ4n) is 2.66. The van der Waals surface area contributed by atoms with Gasteiger partial charge in [0.1, 0.15) is 11.3 Å². The Morgan fingerprint density at radius 2 is 2.00 bits per heavy atom. The van der Waals surface area contributed by atoms with E-state index in [2.05, 4.69) is 5.32 Å². The number of primary sulfonamides is 1. The average Bonchev–Trinajstić information content (AvgIpc) is 2.95. The van der Waals surface area contributed by atoms with Gasteiger partial charge >= 0.3 is 0 Å². The number of rotatable bonds is 5. The first kappa shape index (κ1) is 18.0. The average molecular weight is 374 g/mol. The molecule has 0 atom stereocenters. The Bertz CT molecular complexity index is 1090. The standard InChI is InChI=1S/C18H18N2O5S/c1-11-3-5-14-12(10-25-17(14)7-11)8-18(21)20-15-9-13(26(19,22)23)4-6-16(15)24-2/h3-7,9-10H,8H2,1-2H3,(H,20,21)(H2,19,22,23). The van der Waals surface area contributed by atoms with Crippen LogP contribution >= 0.6 is 0 Å². The summed E-state index contributed by atoms with van der Waals surface area (Å²) in [7, 11) is -2.47. The molecule has 136 valence electrons. The number of ether oxygens (including phenoxy) is 1. The Labute approximate surface area is 150 Å². The second-order valence-electron chi connectivity index (χ2n) is 5.89. The molecule has 0 fully saturated rings. The highest BCUT2D eigenvalue weighted by Gasteiger charge is 2.16. The second kappa shape index (κ2) is 6.81. The third kappa shape index (κ3) is 3.71. The highest BCUT2D eigenvalue weighted by Crippen LogP contribution is 2.28. The van der Waals surface area contributed by atoms with Crippen LogP contribution in [0.1, 0.15) is 11.1 Å². The molecule has 3 N–H and O–H groups in total. The summed E-state index contributed by atoms with van der Waals surface area (Å²) in [6, 6.07) is 9.76. The molecule has 0 aliphatic carbocycles. The summed E-state index contributed by atoms with van der Waals surface area (Å²) in [5.74, 6) is -0.00318. The summed E-state index contributed by atoms with van der Waals surface area (Å²) in [6.45, 7) is 1.96. The number of sulfonamides is 1.